The van der Waals surface area contributed by atoms with Crippen molar-refractivity contribution in [2.75, 3.05) is 33.2 Å². The summed E-state index contributed by atoms with van der Waals surface area (Å²) in [6.45, 7) is 4.85. The first-order valence-electron chi connectivity index (χ1n) is 8.51. The van der Waals surface area contributed by atoms with E-state index in [-0.39, 0.29) is 11.5 Å². The van der Waals surface area contributed by atoms with E-state index >= 15 is 0 Å². The lowest BCUT2D eigenvalue weighted by Crippen LogP contribution is -2.43. The van der Waals surface area contributed by atoms with Gasteiger partial charge >= 0.3 is 5.69 Å². The van der Waals surface area contributed by atoms with Crippen molar-refractivity contribution in [3.05, 3.63) is 58.3 Å². The number of nitrogens with one attached hydrogen (secondary N) is 2. The van der Waals surface area contributed by atoms with Crippen LogP contribution in [0, 0.1) is 5.82 Å². The summed E-state index contributed by atoms with van der Waals surface area (Å²) in [6.07, 6.45) is 0. The van der Waals surface area contributed by atoms with Crippen molar-refractivity contribution in [3.8, 4) is 11.1 Å². The van der Waals surface area contributed by atoms with E-state index in [4.69, 9.17) is 0 Å². The van der Waals surface area contributed by atoms with Crippen molar-refractivity contribution in [1.82, 2.24) is 19.8 Å². The zero-order valence-electron chi connectivity index (χ0n) is 14.2. The molecule has 5 nitrogen and oxygen atoms in total. The van der Waals surface area contributed by atoms with Crippen LogP contribution in [0.25, 0.3) is 22.2 Å². The van der Waals surface area contributed by atoms with Crippen LogP contribution in [-0.4, -0.2) is 53.0 Å². The summed E-state index contributed by atoms with van der Waals surface area (Å²) in [7, 11) is 2.13. The van der Waals surface area contributed by atoms with Gasteiger partial charge in [-0.25, -0.2) is 9.18 Å². The van der Waals surface area contributed by atoms with Crippen molar-refractivity contribution in [2.45, 2.75) is 6.54 Å². The third-order valence-electron chi connectivity index (χ3n) is 4.90. The number of aromatic nitrogens is 2. The lowest BCUT2D eigenvalue weighted by molar-refractivity contribution is 0.148. The molecule has 3 aromatic rings. The average Bonchev–Trinajstić information content (AvgIpc) is 2.98. The maximum Gasteiger partial charge on any atom is 0.323 e. The van der Waals surface area contributed by atoms with Crippen LogP contribution in [0.4, 0.5) is 4.39 Å². The Hall–Kier alpha value is -2.44. The number of hydrogen-bond donors (Lipinski definition) is 2. The van der Waals surface area contributed by atoms with Gasteiger partial charge in [0, 0.05) is 38.3 Å². The Labute approximate surface area is 145 Å². The standard InChI is InChI=1S/C19H21FN4O/c1-23-7-9-24(10-8-23)12-13-5-6-14(20)11-16(13)15-3-2-4-17-18(15)22-19(25)21-17/h2-6,11H,7-10,12H2,1H3,(H2,21,22,25). The fourth-order valence-corrected chi connectivity index (χ4v) is 3.47. The van der Waals surface area contributed by atoms with Crippen molar-refractivity contribution in [2.24, 2.45) is 0 Å². The molecule has 1 saturated heterocycles. The minimum atomic E-state index is -0.271. The van der Waals surface area contributed by atoms with E-state index in [0.29, 0.717) is 0 Å². The van der Waals surface area contributed by atoms with Crippen molar-refractivity contribution < 1.29 is 4.39 Å². The van der Waals surface area contributed by atoms with Gasteiger partial charge in [0.2, 0.25) is 0 Å². The van der Waals surface area contributed by atoms with Crippen molar-refractivity contribution in [1.29, 1.82) is 0 Å². The molecule has 0 radical (unpaired) electrons. The zero-order valence-corrected chi connectivity index (χ0v) is 14.2. The number of imidazole rings is 1. The van der Waals surface area contributed by atoms with Gasteiger partial charge in [0.15, 0.2) is 0 Å². The third kappa shape index (κ3) is 3.23. The Balaban J connectivity index is 1.75. The number of H-pyrrole nitrogens is 2. The highest BCUT2D eigenvalue weighted by Crippen LogP contribution is 2.30. The molecule has 0 atom stereocenters. The molecular weight excluding hydrogens is 319 g/mol. The van der Waals surface area contributed by atoms with E-state index in [9.17, 15) is 9.18 Å². The van der Waals surface area contributed by atoms with E-state index in [1.54, 1.807) is 6.07 Å². The van der Waals surface area contributed by atoms with Gasteiger partial charge in [-0.15, -0.1) is 0 Å². The van der Waals surface area contributed by atoms with Gasteiger partial charge in [-0.05, 0) is 36.4 Å². The predicted octanol–water partition coefficient (Wildman–Crippen LogP) is 2.41. The molecule has 0 amide bonds. The number of aromatic amines is 2. The summed E-state index contributed by atoms with van der Waals surface area (Å²) in [5.41, 5.74) is 3.95. The summed E-state index contributed by atoms with van der Waals surface area (Å²) in [6, 6.07) is 10.6. The van der Waals surface area contributed by atoms with E-state index in [1.807, 2.05) is 24.3 Å². The number of rotatable bonds is 3. The van der Waals surface area contributed by atoms with Gasteiger partial charge < -0.3 is 14.9 Å². The molecule has 2 aromatic carbocycles. The van der Waals surface area contributed by atoms with Crippen LogP contribution in [0.5, 0.6) is 0 Å². The molecule has 1 fully saturated rings. The number of fused-ring (bicyclic) bond motifs is 1. The lowest BCUT2D eigenvalue weighted by Gasteiger charge is -2.32. The van der Waals surface area contributed by atoms with Crippen LogP contribution >= 0.6 is 0 Å². The maximum absolute atomic E-state index is 14.0. The lowest BCUT2D eigenvalue weighted by atomic mass is 9.97. The number of nitrogens with zero attached hydrogens (tertiary/aromatic N) is 2. The molecule has 25 heavy (non-hydrogen) atoms. The summed E-state index contributed by atoms with van der Waals surface area (Å²) in [4.78, 5) is 22.0. The second-order valence-corrected chi connectivity index (χ2v) is 6.69. The summed E-state index contributed by atoms with van der Waals surface area (Å²) in [5, 5.41) is 0. The highest BCUT2D eigenvalue weighted by Gasteiger charge is 2.17. The summed E-state index contributed by atoms with van der Waals surface area (Å²) >= 11 is 0. The molecule has 2 N–H and O–H groups in total. The predicted molar refractivity (Wildman–Crippen MR) is 97.1 cm³/mol. The Kier molecular flexibility index (Phi) is 4.15. The van der Waals surface area contributed by atoms with Gasteiger partial charge in [-0.3, -0.25) is 4.90 Å². The van der Waals surface area contributed by atoms with Crippen LogP contribution in [0.2, 0.25) is 0 Å². The second kappa shape index (κ2) is 6.46. The van der Waals surface area contributed by atoms with Crippen molar-refractivity contribution >= 4 is 11.0 Å². The van der Waals surface area contributed by atoms with Gasteiger partial charge in [0.1, 0.15) is 5.82 Å². The number of hydrogen-bond acceptors (Lipinski definition) is 3. The normalized spacial score (nSPS) is 16.6. The van der Waals surface area contributed by atoms with Crippen LogP contribution in [0.3, 0.4) is 0 Å². The molecule has 130 valence electrons. The number of benzene rings is 2. The van der Waals surface area contributed by atoms with E-state index in [0.717, 1.165) is 60.4 Å². The number of piperazine rings is 1. The van der Waals surface area contributed by atoms with E-state index < -0.39 is 0 Å². The fraction of sp³-hybridized carbons (Fsp3) is 0.316. The number of likely N-dealkylation sites (N-methyl/N-ethyl adjacent to an activating group) is 1. The van der Waals surface area contributed by atoms with Crippen LogP contribution in [0.15, 0.2) is 41.2 Å². The Morgan fingerprint density at radius 2 is 1.84 bits per heavy atom. The van der Waals surface area contributed by atoms with Gasteiger partial charge in [-0.2, -0.15) is 0 Å². The molecule has 1 aliphatic rings. The Morgan fingerprint density at radius 1 is 1.04 bits per heavy atom. The monoisotopic (exact) mass is 340 g/mol. The molecule has 0 bridgehead atoms. The molecule has 0 spiro atoms. The summed E-state index contributed by atoms with van der Waals surface area (Å²) < 4.78 is 14.0. The molecule has 0 saturated carbocycles. The Morgan fingerprint density at radius 3 is 2.64 bits per heavy atom. The zero-order chi connectivity index (χ0) is 17.4. The van der Waals surface area contributed by atoms with Gasteiger partial charge in [-0.1, -0.05) is 18.2 Å². The number of halogens is 1. The van der Waals surface area contributed by atoms with Crippen LogP contribution in [-0.2, 0) is 6.54 Å². The molecule has 4 rings (SSSR count). The molecular formula is C19H21FN4O. The van der Waals surface area contributed by atoms with E-state index in [1.165, 1.54) is 6.07 Å². The van der Waals surface area contributed by atoms with Crippen LogP contribution in [0.1, 0.15) is 5.56 Å². The molecule has 2 heterocycles. The fourth-order valence-electron chi connectivity index (χ4n) is 3.47. The van der Waals surface area contributed by atoms with Crippen LogP contribution < -0.4 is 5.69 Å². The molecule has 0 aliphatic carbocycles. The molecule has 0 unspecified atom stereocenters. The highest BCUT2D eigenvalue weighted by molar-refractivity contribution is 5.92. The van der Waals surface area contributed by atoms with E-state index in [2.05, 4.69) is 26.8 Å². The van der Waals surface area contributed by atoms with Gasteiger partial charge in [0.05, 0.1) is 11.0 Å². The average molecular weight is 340 g/mol. The minimum Gasteiger partial charge on any atom is -0.306 e. The molecule has 1 aliphatic heterocycles. The first-order valence-corrected chi connectivity index (χ1v) is 8.51. The van der Waals surface area contributed by atoms with Crippen molar-refractivity contribution in [3.63, 3.8) is 0 Å². The number of para-hydroxylation sites is 1. The quantitative estimate of drug-likeness (QED) is 0.770. The van der Waals surface area contributed by atoms with Gasteiger partial charge in [0.25, 0.3) is 0 Å². The first-order chi connectivity index (χ1) is 12.1. The smallest absolute Gasteiger partial charge is 0.306 e. The minimum absolute atomic E-state index is 0.250. The highest BCUT2D eigenvalue weighted by atomic mass is 19.1. The first kappa shape index (κ1) is 16.1. The molecule has 1 aromatic heterocycles. The second-order valence-electron chi connectivity index (χ2n) is 6.69. The largest absolute Gasteiger partial charge is 0.323 e. The maximum atomic E-state index is 14.0. The topological polar surface area (TPSA) is 55.1 Å². The SMILES string of the molecule is CN1CCN(Cc2ccc(F)cc2-c2cccc3[nH]c(=O)[nH]c23)CC1. The third-order valence-corrected chi connectivity index (χ3v) is 4.90. The Bertz CT molecular complexity index is 953. The molecule has 6 heteroatoms. The summed E-state index contributed by atoms with van der Waals surface area (Å²) in [5.74, 6) is -0.271.